The van der Waals surface area contributed by atoms with Crippen molar-refractivity contribution >= 4 is 11.7 Å². The van der Waals surface area contributed by atoms with E-state index in [1.54, 1.807) is 26.6 Å². The van der Waals surface area contributed by atoms with E-state index in [-0.39, 0.29) is 11.8 Å². The molecule has 8 nitrogen and oxygen atoms in total. The Hall–Kier alpha value is -3.68. The lowest BCUT2D eigenvalue weighted by Gasteiger charge is -2.32. The van der Waals surface area contributed by atoms with E-state index in [1.165, 1.54) is 0 Å². The molecule has 1 unspecified atom stereocenters. The Morgan fingerprint density at radius 2 is 1.88 bits per heavy atom. The number of aromatic nitrogens is 3. The van der Waals surface area contributed by atoms with Crippen LogP contribution in [0.3, 0.4) is 0 Å². The lowest BCUT2D eigenvalue weighted by molar-refractivity contribution is -0.125. The maximum atomic E-state index is 12.8. The van der Waals surface area contributed by atoms with E-state index < -0.39 is 0 Å². The number of methoxy groups -OCH3 is 2. The number of carbonyl (C=O) groups is 1. The maximum absolute atomic E-state index is 12.8. The summed E-state index contributed by atoms with van der Waals surface area (Å²) in [6, 6.07) is 13.6. The van der Waals surface area contributed by atoms with Crippen LogP contribution in [0, 0.1) is 5.92 Å². The fourth-order valence-corrected chi connectivity index (χ4v) is 4.08. The highest BCUT2D eigenvalue weighted by molar-refractivity contribution is 5.79. The molecule has 1 saturated heterocycles. The van der Waals surface area contributed by atoms with Gasteiger partial charge in [0.2, 0.25) is 5.91 Å². The van der Waals surface area contributed by atoms with E-state index in [4.69, 9.17) is 9.47 Å². The topological polar surface area (TPSA) is 89.5 Å². The van der Waals surface area contributed by atoms with Gasteiger partial charge in [0.1, 0.15) is 0 Å². The minimum absolute atomic E-state index is 0.0640. The highest BCUT2D eigenvalue weighted by atomic mass is 16.5. The van der Waals surface area contributed by atoms with Gasteiger partial charge >= 0.3 is 0 Å². The van der Waals surface area contributed by atoms with Crippen molar-refractivity contribution < 1.29 is 14.3 Å². The molecule has 4 rings (SSSR count). The number of hydrogen-bond acceptors (Lipinski definition) is 7. The zero-order chi connectivity index (χ0) is 23.0. The van der Waals surface area contributed by atoms with Gasteiger partial charge < -0.3 is 19.7 Å². The first-order chi connectivity index (χ1) is 16.2. The van der Waals surface area contributed by atoms with Gasteiger partial charge in [-0.05, 0) is 61.2 Å². The molecule has 0 saturated carbocycles. The third kappa shape index (κ3) is 5.58. The van der Waals surface area contributed by atoms with Crippen LogP contribution in [0.4, 0.5) is 5.82 Å². The second kappa shape index (κ2) is 10.8. The third-order valence-electron chi connectivity index (χ3n) is 5.90. The van der Waals surface area contributed by atoms with Crippen molar-refractivity contribution in [1.82, 2.24) is 20.5 Å². The number of benzene rings is 1. The number of amides is 1. The SMILES string of the molecule is COc1ccc(CCNC(=O)C2CCCN(c3ccc(-c4ccncc4)nn3)C2)cc1OC. The second-order valence-corrected chi connectivity index (χ2v) is 8.03. The van der Waals surface area contributed by atoms with Crippen LogP contribution >= 0.6 is 0 Å². The number of rotatable bonds is 8. The van der Waals surface area contributed by atoms with E-state index in [9.17, 15) is 4.79 Å². The average Bonchev–Trinajstić information content (AvgIpc) is 2.89. The van der Waals surface area contributed by atoms with E-state index in [0.717, 1.165) is 48.4 Å². The summed E-state index contributed by atoms with van der Waals surface area (Å²) in [5.41, 5.74) is 2.87. The molecule has 1 atom stereocenters. The predicted octanol–water partition coefficient (Wildman–Crippen LogP) is 3.13. The number of ether oxygens (including phenoxy) is 2. The molecular formula is C25H29N5O3. The van der Waals surface area contributed by atoms with Crippen molar-refractivity contribution in [3.8, 4) is 22.8 Å². The van der Waals surface area contributed by atoms with Crippen molar-refractivity contribution in [3.63, 3.8) is 0 Å². The van der Waals surface area contributed by atoms with Crippen LogP contribution in [0.5, 0.6) is 11.5 Å². The summed E-state index contributed by atoms with van der Waals surface area (Å²) >= 11 is 0. The minimum atomic E-state index is -0.0640. The molecule has 3 aromatic rings. The number of piperidine rings is 1. The van der Waals surface area contributed by atoms with Crippen molar-refractivity contribution in [2.45, 2.75) is 19.3 Å². The van der Waals surface area contributed by atoms with E-state index >= 15 is 0 Å². The quantitative estimate of drug-likeness (QED) is 0.567. The second-order valence-electron chi connectivity index (χ2n) is 8.03. The van der Waals surface area contributed by atoms with Crippen LogP contribution in [-0.2, 0) is 11.2 Å². The van der Waals surface area contributed by atoms with Gasteiger partial charge in [0, 0.05) is 37.6 Å². The molecule has 0 spiro atoms. The largest absolute Gasteiger partial charge is 0.493 e. The van der Waals surface area contributed by atoms with E-state index in [0.29, 0.717) is 24.6 Å². The summed E-state index contributed by atoms with van der Waals surface area (Å²) in [4.78, 5) is 19.0. The monoisotopic (exact) mass is 447 g/mol. The molecule has 172 valence electrons. The third-order valence-corrected chi connectivity index (χ3v) is 5.90. The number of pyridine rings is 1. The lowest BCUT2D eigenvalue weighted by atomic mass is 9.97. The standard InChI is InChI=1S/C25H29N5O3/c1-32-22-7-5-18(16-23(22)33-2)9-14-27-25(31)20-4-3-15-30(17-20)24-8-6-21(28-29-24)19-10-12-26-13-11-19/h5-8,10-13,16,20H,3-4,9,14-15,17H2,1-2H3,(H,27,31). The highest BCUT2D eigenvalue weighted by Gasteiger charge is 2.26. The molecule has 1 amide bonds. The Morgan fingerprint density at radius 3 is 2.61 bits per heavy atom. The van der Waals surface area contributed by atoms with Crippen LogP contribution in [0.1, 0.15) is 18.4 Å². The van der Waals surface area contributed by atoms with Gasteiger partial charge in [0.15, 0.2) is 17.3 Å². The fourth-order valence-electron chi connectivity index (χ4n) is 4.08. The van der Waals surface area contributed by atoms with Crippen LogP contribution in [0.15, 0.2) is 54.9 Å². The number of nitrogens with one attached hydrogen (secondary N) is 1. The summed E-state index contributed by atoms with van der Waals surface area (Å²) in [5, 5.41) is 11.9. The highest BCUT2D eigenvalue weighted by Crippen LogP contribution is 2.28. The summed E-state index contributed by atoms with van der Waals surface area (Å²) < 4.78 is 10.6. The minimum Gasteiger partial charge on any atom is -0.493 e. The van der Waals surface area contributed by atoms with Gasteiger partial charge in [-0.1, -0.05) is 6.07 Å². The smallest absolute Gasteiger partial charge is 0.224 e. The molecule has 1 aliphatic rings. The van der Waals surface area contributed by atoms with E-state index in [1.807, 2.05) is 42.5 Å². The summed E-state index contributed by atoms with van der Waals surface area (Å²) in [6.07, 6.45) is 6.03. The molecule has 33 heavy (non-hydrogen) atoms. The molecule has 0 radical (unpaired) electrons. The van der Waals surface area contributed by atoms with Crippen LogP contribution in [-0.4, -0.2) is 54.9 Å². The van der Waals surface area contributed by atoms with E-state index in [2.05, 4.69) is 25.4 Å². The number of hydrogen-bond donors (Lipinski definition) is 1. The maximum Gasteiger partial charge on any atom is 0.224 e. The van der Waals surface area contributed by atoms with Gasteiger partial charge in [0.05, 0.1) is 25.8 Å². The first kappa shape index (κ1) is 22.5. The van der Waals surface area contributed by atoms with Gasteiger partial charge in [-0.15, -0.1) is 10.2 Å². The average molecular weight is 448 g/mol. The summed E-state index contributed by atoms with van der Waals surface area (Å²) in [6.45, 7) is 2.09. The predicted molar refractivity (Wildman–Crippen MR) is 126 cm³/mol. The van der Waals surface area contributed by atoms with Crippen molar-refractivity contribution in [2.24, 2.45) is 5.92 Å². The Balaban J connectivity index is 1.30. The molecule has 1 N–H and O–H groups in total. The van der Waals surface area contributed by atoms with Crippen LogP contribution < -0.4 is 19.7 Å². The molecule has 0 aliphatic carbocycles. The normalized spacial score (nSPS) is 15.7. The number of carbonyl (C=O) groups excluding carboxylic acids is 1. The zero-order valence-electron chi connectivity index (χ0n) is 19.0. The molecule has 0 bridgehead atoms. The molecular weight excluding hydrogens is 418 g/mol. The number of nitrogens with zero attached hydrogens (tertiary/aromatic N) is 4. The molecule has 1 aliphatic heterocycles. The van der Waals surface area contributed by atoms with Crippen molar-refractivity contribution in [3.05, 3.63) is 60.4 Å². The fraction of sp³-hybridized carbons (Fsp3) is 0.360. The molecule has 1 fully saturated rings. The Kier molecular flexibility index (Phi) is 7.34. The van der Waals surface area contributed by atoms with Crippen LogP contribution in [0.25, 0.3) is 11.3 Å². The van der Waals surface area contributed by atoms with Crippen molar-refractivity contribution in [1.29, 1.82) is 0 Å². The van der Waals surface area contributed by atoms with Gasteiger partial charge in [0.25, 0.3) is 0 Å². The molecule has 2 aromatic heterocycles. The Bertz CT molecular complexity index is 1060. The first-order valence-electron chi connectivity index (χ1n) is 11.2. The zero-order valence-corrected chi connectivity index (χ0v) is 19.0. The summed E-state index contributed by atoms with van der Waals surface area (Å²) in [7, 11) is 3.24. The first-order valence-corrected chi connectivity index (χ1v) is 11.2. The Morgan fingerprint density at radius 1 is 1.06 bits per heavy atom. The number of anilines is 1. The summed E-state index contributed by atoms with van der Waals surface area (Å²) in [5.74, 6) is 2.22. The van der Waals surface area contributed by atoms with Crippen LogP contribution in [0.2, 0.25) is 0 Å². The van der Waals surface area contributed by atoms with Gasteiger partial charge in [-0.25, -0.2) is 0 Å². The van der Waals surface area contributed by atoms with Gasteiger partial charge in [-0.3, -0.25) is 9.78 Å². The van der Waals surface area contributed by atoms with Crippen molar-refractivity contribution in [2.75, 3.05) is 38.8 Å². The lowest BCUT2D eigenvalue weighted by Crippen LogP contribution is -2.43. The van der Waals surface area contributed by atoms with Gasteiger partial charge in [-0.2, -0.15) is 0 Å². The molecule has 3 heterocycles. The molecule has 8 heteroatoms. The Labute approximate surface area is 194 Å². The molecule has 1 aromatic carbocycles.